The van der Waals surface area contributed by atoms with Gasteiger partial charge in [-0.15, -0.1) is 0 Å². The van der Waals surface area contributed by atoms with E-state index < -0.39 is 11.2 Å². The summed E-state index contributed by atoms with van der Waals surface area (Å²) in [6.45, 7) is 0.229. The largest absolute Gasteiger partial charge is 0.493 e. The number of halogens is 1. The molecule has 4 aromatic rings. The molecule has 0 saturated carbocycles. The smallest absolute Gasteiger partial charge is 0.332 e. The molecule has 1 aromatic heterocycles. The fourth-order valence-electron chi connectivity index (χ4n) is 3.94. The van der Waals surface area contributed by atoms with Gasteiger partial charge in [-0.25, -0.2) is 4.79 Å². The van der Waals surface area contributed by atoms with E-state index in [0.717, 1.165) is 5.56 Å². The van der Waals surface area contributed by atoms with E-state index in [1.165, 1.54) is 23.4 Å². The van der Waals surface area contributed by atoms with Gasteiger partial charge in [-0.1, -0.05) is 35.9 Å². The van der Waals surface area contributed by atoms with E-state index >= 15 is 0 Å². The summed E-state index contributed by atoms with van der Waals surface area (Å²) in [5, 5.41) is 3.42. The number of hydrogen-bond donors (Lipinski definition) is 1. The molecule has 35 heavy (non-hydrogen) atoms. The molecule has 0 fully saturated rings. The van der Waals surface area contributed by atoms with Crippen LogP contribution in [-0.4, -0.2) is 36.3 Å². The Balaban J connectivity index is 1.91. The molecule has 0 aliphatic heterocycles. The normalized spacial score (nSPS) is 10.9. The molecule has 0 bridgehead atoms. The average Bonchev–Trinajstić information content (AvgIpc) is 2.88. The Hall–Kier alpha value is -4.04. The number of nitrogens with one attached hydrogen (secondary N) is 1. The second-order valence-electron chi connectivity index (χ2n) is 7.89. The van der Waals surface area contributed by atoms with Crippen LogP contribution >= 0.6 is 11.6 Å². The summed E-state index contributed by atoms with van der Waals surface area (Å²) in [5.41, 5.74) is 1.47. The highest BCUT2D eigenvalue weighted by Crippen LogP contribution is 2.30. The summed E-state index contributed by atoms with van der Waals surface area (Å²) in [7, 11) is 4.53. The predicted octanol–water partition coefficient (Wildman–Crippen LogP) is 3.29. The molecule has 0 unspecified atom stereocenters. The molecule has 180 valence electrons. The molecule has 0 atom stereocenters. The van der Waals surface area contributed by atoms with Gasteiger partial charge in [-0.2, -0.15) is 0 Å². The fraction of sp³-hybridized carbons (Fsp3) is 0.192. The van der Waals surface area contributed by atoms with Crippen LogP contribution in [0.25, 0.3) is 10.9 Å². The van der Waals surface area contributed by atoms with Crippen molar-refractivity contribution >= 4 is 28.4 Å². The van der Waals surface area contributed by atoms with Gasteiger partial charge in [-0.05, 0) is 41.5 Å². The summed E-state index contributed by atoms with van der Waals surface area (Å²) < 4.78 is 13.5. The topological polar surface area (TPSA) is 91.6 Å². The van der Waals surface area contributed by atoms with Crippen LogP contribution in [0.2, 0.25) is 5.02 Å². The van der Waals surface area contributed by atoms with Crippen molar-refractivity contribution in [2.45, 2.75) is 13.1 Å². The molecule has 0 aliphatic carbocycles. The van der Waals surface area contributed by atoms with Crippen LogP contribution in [-0.2, 0) is 13.1 Å². The maximum atomic E-state index is 13.6. The lowest BCUT2D eigenvalue weighted by molar-refractivity contribution is 0.0963. The minimum absolute atomic E-state index is 0.0333. The summed E-state index contributed by atoms with van der Waals surface area (Å²) in [4.78, 5) is 38.9. The molecule has 1 amide bonds. The van der Waals surface area contributed by atoms with E-state index in [0.29, 0.717) is 38.6 Å². The molecule has 0 spiro atoms. The molecule has 9 heteroatoms. The van der Waals surface area contributed by atoms with Crippen molar-refractivity contribution in [2.75, 3.05) is 21.3 Å². The zero-order valence-electron chi connectivity index (χ0n) is 19.5. The Kier molecular flexibility index (Phi) is 6.93. The number of methoxy groups -OCH3 is 2. The van der Waals surface area contributed by atoms with Gasteiger partial charge in [0.15, 0.2) is 11.5 Å². The van der Waals surface area contributed by atoms with Crippen molar-refractivity contribution in [1.29, 1.82) is 0 Å². The van der Waals surface area contributed by atoms with Gasteiger partial charge in [-0.3, -0.25) is 18.7 Å². The van der Waals surface area contributed by atoms with E-state index in [2.05, 4.69) is 5.32 Å². The van der Waals surface area contributed by atoms with E-state index in [1.54, 1.807) is 61.6 Å². The first kappa shape index (κ1) is 24.1. The zero-order valence-corrected chi connectivity index (χ0v) is 20.3. The Morgan fingerprint density at radius 3 is 2.17 bits per heavy atom. The predicted molar refractivity (Wildman–Crippen MR) is 135 cm³/mol. The first-order chi connectivity index (χ1) is 16.9. The lowest BCUT2D eigenvalue weighted by Gasteiger charge is -2.17. The number of rotatable bonds is 7. The molecule has 0 saturated heterocycles. The molecule has 1 heterocycles. The average molecular weight is 494 g/mol. The minimum atomic E-state index is -0.481. The fourth-order valence-corrected chi connectivity index (χ4v) is 4.16. The van der Waals surface area contributed by atoms with Gasteiger partial charge in [0.1, 0.15) is 0 Å². The second kappa shape index (κ2) is 10.1. The zero-order chi connectivity index (χ0) is 25.1. The van der Waals surface area contributed by atoms with Crippen LogP contribution in [0.4, 0.5) is 0 Å². The maximum Gasteiger partial charge on any atom is 0.332 e. The highest BCUT2D eigenvalue weighted by molar-refractivity contribution is 6.30. The van der Waals surface area contributed by atoms with Crippen molar-refractivity contribution in [3.8, 4) is 11.5 Å². The number of hydrogen-bond acceptors (Lipinski definition) is 5. The quantitative estimate of drug-likeness (QED) is 0.426. The first-order valence-electron chi connectivity index (χ1n) is 10.8. The van der Waals surface area contributed by atoms with Gasteiger partial charge in [0.2, 0.25) is 0 Å². The number of ether oxygens (including phenoxy) is 2. The minimum Gasteiger partial charge on any atom is -0.493 e. The molecule has 0 aliphatic rings. The van der Waals surface area contributed by atoms with Gasteiger partial charge >= 0.3 is 5.69 Å². The molecule has 4 rings (SSSR count). The van der Waals surface area contributed by atoms with Crippen LogP contribution in [0, 0.1) is 0 Å². The van der Waals surface area contributed by atoms with Crippen molar-refractivity contribution < 1.29 is 14.3 Å². The highest BCUT2D eigenvalue weighted by atomic mass is 35.5. The van der Waals surface area contributed by atoms with Gasteiger partial charge in [0.05, 0.1) is 38.2 Å². The first-order valence-corrected chi connectivity index (χ1v) is 11.2. The molecule has 3 aromatic carbocycles. The van der Waals surface area contributed by atoms with Crippen LogP contribution in [0.5, 0.6) is 11.5 Å². The van der Waals surface area contributed by atoms with Crippen molar-refractivity contribution in [1.82, 2.24) is 14.5 Å². The summed E-state index contributed by atoms with van der Waals surface area (Å²) in [6, 6.07) is 17.1. The molecule has 1 N–H and O–H groups in total. The SMILES string of the molecule is CNC(=O)c1ccc(Cn2c(=O)c3cc(OC)c(OC)cc3n(Cc3cccc(Cl)c3)c2=O)cc1. The Bertz CT molecular complexity index is 1520. The van der Waals surface area contributed by atoms with Crippen molar-refractivity contribution in [3.05, 3.63) is 103 Å². The van der Waals surface area contributed by atoms with Crippen molar-refractivity contribution in [2.24, 2.45) is 0 Å². The number of aromatic nitrogens is 2. The molecule has 8 nitrogen and oxygen atoms in total. The highest BCUT2D eigenvalue weighted by Gasteiger charge is 2.18. The van der Waals surface area contributed by atoms with Crippen LogP contribution in [0.3, 0.4) is 0 Å². The van der Waals surface area contributed by atoms with Crippen LogP contribution < -0.4 is 26.0 Å². The van der Waals surface area contributed by atoms with E-state index in [-0.39, 0.29) is 19.0 Å². The van der Waals surface area contributed by atoms with Crippen LogP contribution in [0.15, 0.2) is 70.3 Å². The van der Waals surface area contributed by atoms with Crippen LogP contribution in [0.1, 0.15) is 21.5 Å². The van der Waals surface area contributed by atoms with Gasteiger partial charge in [0, 0.05) is 23.7 Å². The Morgan fingerprint density at radius 1 is 0.886 bits per heavy atom. The third-order valence-corrected chi connectivity index (χ3v) is 5.98. The number of nitrogens with zero attached hydrogens (tertiary/aromatic N) is 2. The Morgan fingerprint density at radius 2 is 1.54 bits per heavy atom. The third kappa shape index (κ3) is 4.79. The standard InChI is InChI=1S/C26H24ClN3O5/c1-28-24(31)18-9-7-16(8-10-18)14-30-25(32)20-12-22(34-2)23(35-3)13-21(20)29(26(30)33)15-17-5-4-6-19(27)11-17/h4-13H,14-15H2,1-3H3,(H,28,31). The second-order valence-corrected chi connectivity index (χ2v) is 8.33. The van der Waals surface area contributed by atoms with Crippen molar-refractivity contribution in [3.63, 3.8) is 0 Å². The lowest BCUT2D eigenvalue weighted by atomic mass is 10.1. The summed E-state index contributed by atoms with van der Waals surface area (Å²) in [6.07, 6.45) is 0. The number of benzene rings is 3. The number of carbonyl (C=O) groups is 1. The summed E-state index contributed by atoms with van der Waals surface area (Å²) >= 11 is 6.16. The molecular formula is C26H24ClN3O5. The molecular weight excluding hydrogens is 470 g/mol. The monoisotopic (exact) mass is 493 g/mol. The van der Waals surface area contributed by atoms with E-state index in [9.17, 15) is 14.4 Å². The number of fused-ring (bicyclic) bond motifs is 1. The van der Waals surface area contributed by atoms with Gasteiger partial charge in [0.25, 0.3) is 11.5 Å². The van der Waals surface area contributed by atoms with E-state index in [1.807, 2.05) is 6.07 Å². The third-order valence-electron chi connectivity index (χ3n) is 5.74. The summed E-state index contributed by atoms with van der Waals surface area (Å²) in [5.74, 6) is 0.567. The maximum absolute atomic E-state index is 13.6. The van der Waals surface area contributed by atoms with E-state index in [4.69, 9.17) is 21.1 Å². The van der Waals surface area contributed by atoms with Gasteiger partial charge < -0.3 is 14.8 Å². The number of carbonyl (C=O) groups excluding carboxylic acids is 1. The lowest BCUT2D eigenvalue weighted by Crippen LogP contribution is -2.40. The number of amides is 1. The molecule has 0 radical (unpaired) electrons. The Labute approximate surface area is 206 Å².